The summed E-state index contributed by atoms with van der Waals surface area (Å²) in [5.74, 6) is 1.48. The minimum atomic E-state index is -0.0616. The van der Waals surface area contributed by atoms with Gasteiger partial charge in [-0.15, -0.1) is 0 Å². The van der Waals surface area contributed by atoms with Crippen LogP contribution in [-0.4, -0.2) is 5.97 Å². The lowest BCUT2D eigenvalue weighted by atomic mass is 9.80. The van der Waals surface area contributed by atoms with Gasteiger partial charge in [0.1, 0.15) is 5.75 Å². The quantitative estimate of drug-likeness (QED) is 0.504. The third kappa shape index (κ3) is 4.84. The van der Waals surface area contributed by atoms with Gasteiger partial charge in [-0.2, -0.15) is 0 Å². The van der Waals surface area contributed by atoms with Gasteiger partial charge in [-0.3, -0.25) is 4.79 Å². The fraction of sp³-hybridized carbons (Fsp3) is 0.611. The molecule has 21 heavy (non-hydrogen) atoms. The number of ether oxygens (including phenoxy) is 1. The van der Waals surface area contributed by atoms with Crippen molar-refractivity contribution in [2.45, 2.75) is 58.8 Å². The molecule has 1 aromatic rings. The summed E-state index contributed by atoms with van der Waals surface area (Å²) < 4.78 is 6.42. The zero-order valence-electron chi connectivity index (χ0n) is 13.0. The fourth-order valence-corrected chi connectivity index (χ4v) is 3.63. The third-order valence-electron chi connectivity index (χ3n) is 4.44. The van der Waals surface area contributed by atoms with Gasteiger partial charge in [0.25, 0.3) is 0 Å². The van der Waals surface area contributed by atoms with Crippen molar-refractivity contribution >= 4 is 21.9 Å². The van der Waals surface area contributed by atoms with Gasteiger partial charge in [-0.05, 0) is 72.2 Å². The standard InChI is InChI=1S/C18H25BrO2/c1-3-4-5-14-7-9-15(10-8-14)18(20)21-17-11-6-13(2)12-16(17)19/h6,11-12,14-15H,3-5,7-10H2,1-2H3. The number of esters is 1. The second-order valence-corrected chi connectivity index (χ2v) is 7.07. The number of hydrogen-bond donors (Lipinski definition) is 0. The third-order valence-corrected chi connectivity index (χ3v) is 5.06. The summed E-state index contributed by atoms with van der Waals surface area (Å²) in [6.07, 6.45) is 8.22. The lowest BCUT2D eigenvalue weighted by molar-refractivity contribution is -0.140. The van der Waals surface area contributed by atoms with Gasteiger partial charge in [0.15, 0.2) is 0 Å². The molecular formula is C18H25BrO2. The van der Waals surface area contributed by atoms with Gasteiger partial charge >= 0.3 is 5.97 Å². The first-order valence-electron chi connectivity index (χ1n) is 8.08. The highest BCUT2D eigenvalue weighted by Gasteiger charge is 2.27. The molecule has 0 spiro atoms. The highest BCUT2D eigenvalue weighted by Crippen LogP contribution is 2.34. The van der Waals surface area contributed by atoms with Crippen LogP contribution in [0.4, 0.5) is 0 Å². The molecule has 1 aliphatic carbocycles. The highest BCUT2D eigenvalue weighted by molar-refractivity contribution is 9.10. The zero-order chi connectivity index (χ0) is 15.2. The molecule has 0 aromatic heterocycles. The first kappa shape index (κ1) is 16.5. The molecule has 2 rings (SSSR count). The van der Waals surface area contributed by atoms with E-state index in [1.165, 1.54) is 32.1 Å². The first-order valence-corrected chi connectivity index (χ1v) is 8.87. The average Bonchev–Trinajstić information content (AvgIpc) is 2.48. The number of aryl methyl sites for hydroxylation is 1. The smallest absolute Gasteiger partial charge is 0.314 e. The largest absolute Gasteiger partial charge is 0.425 e. The van der Waals surface area contributed by atoms with Crippen molar-refractivity contribution in [3.63, 3.8) is 0 Å². The molecule has 116 valence electrons. The average molecular weight is 353 g/mol. The van der Waals surface area contributed by atoms with Gasteiger partial charge in [-0.1, -0.05) is 32.3 Å². The van der Waals surface area contributed by atoms with E-state index in [0.717, 1.165) is 28.8 Å². The second kappa shape index (κ2) is 7.98. The summed E-state index contributed by atoms with van der Waals surface area (Å²) >= 11 is 3.46. The van der Waals surface area contributed by atoms with E-state index >= 15 is 0 Å². The Kier molecular flexibility index (Phi) is 6.28. The predicted molar refractivity (Wildman–Crippen MR) is 89.5 cm³/mol. The Hall–Kier alpha value is -0.830. The van der Waals surface area contributed by atoms with E-state index in [9.17, 15) is 4.79 Å². The number of unbranched alkanes of at least 4 members (excludes halogenated alkanes) is 1. The van der Waals surface area contributed by atoms with Crippen LogP contribution in [0.15, 0.2) is 22.7 Å². The van der Waals surface area contributed by atoms with E-state index in [-0.39, 0.29) is 11.9 Å². The first-order chi connectivity index (χ1) is 10.1. The van der Waals surface area contributed by atoms with Gasteiger partial charge in [0.05, 0.1) is 10.4 Å². The van der Waals surface area contributed by atoms with Crippen molar-refractivity contribution in [2.24, 2.45) is 11.8 Å². The monoisotopic (exact) mass is 352 g/mol. The van der Waals surface area contributed by atoms with Crippen molar-refractivity contribution < 1.29 is 9.53 Å². The second-order valence-electron chi connectivity index (χ2n) is 6.21. The predicted octanol–water partition coefficient (Wildman–Crippen LogP) is 5.66. The number of hydrogen-bond acceptors (Lipinski definition) is 2. The molecule has 0 unspecified atom stereocenters. The Morgan fingerprint density at radius 1 is 1.29 bits per heavy atom. The summed E-state index contributed by atoms with van der Waals surface area (Å²) in [6.45, 7) is 4.26. The number of carbonyl (C=O) groups excluding carboxylic acids is 1. The van der Waals surface area contributed by atoms with Crippen molar-refractivity contribution in [3.05, 3.63) is 28.2 Å². The molecule has 0 saturated heterocycles. The SMILES string of the molecule is CCCCC1CCC(C(=O)Oc2ccc(C)cc2Br)CC1. The summed E-state index contributed by atoms with van der Waals surface area (Å²) in [5.41, 5.74) is 1.15. The van der Waals surface area contributed by atoms with Crippen LogP contribution in [0, 0.1) is 18.8 Å². The summed E-state index contributed by atoms with van der Waals surface area (Å²) in [5, 5.41) is 0. The van der Waals surface area contributed by atoms with Crippen LogP contribution in [0.25, 0.3) is 0 Å². The van der Waals surface area contributed by atoms with E-state index in [1.807, 2.05) is 25.1 Å². The topological polar surface area (TPSA) is 26.3 Å². The molecule has 0 bridgehead atoms. The van der Waals surface area contributed by atoms with Gasteiger partial charge in [-0.25, -0.2) is 0 Å². The maximum absolute atomic E-state index is 12.3. The molecule has 1 fully saturated rings. The summed E-state index contributed by atoms with van der Waals surface area (Å²) in [6, 6.07) is 5.81. The van der Waals surface area contributed by atoms with Gasteiger partial charge < -0.3 is 4.74 Å². The van der Waals surface area contributed by atoms with Crippen LogP contribution >= 0.6 is 15.9 Å². The van der Waals surface area contributed by atoms with Crippen molar-refractivity contribution in [3.8, 4) is 5.75 Å². The minimum Gasteiger partial charge on any atom is -0.425 e. The maximum Gasteiger partial charge on any atom is 0.314 e. The van der Waals surface area contributed by atoms with E-state index < -0.39 is 0 Å². The number of benzene rings is 1. The van der Waals surface area contributed by atoms with E-state index in [2.05, 4.69) is 22.9 Å². The number of rotatable bonds is 5. The highest BCUT2D eigenvalue weighted by atomic mass is 79.9. The van der Waals surface area contributed by atoms with Crippen molar-refractivity contribution in [1.29, 1.82) is 0 Å². The Bertz CT molecular complexity index is 476. The van der Waals surface area contributed by atoms with Crippen LogP contribution < -0.4 is 4.74 Å². The number of carbonyl (C=O) groups is 1. The number of halogens is 1. The van der Waals surface area contributed by atoms with Crippen LogP contribution in [0.1, 0.15) is 57.4 Å². The van der Waals surface area contributed by atoms with Crippen LogP contribution in [0.3, 0.4) is 0 Å². The normalized spacial score (nSPS) is 22.0. The fourth-order valence-electron chi connectivity index (χ4n) is 3.06. The van der Waals surface area contributed by atoms with Crippen molar-refractivity contribution in [2.75, 3.05) is 0 Å². The molecule has 0 aliphatic heterocycles. The Morgan fingerprint density at radius 3 is 2.62 bits per heavy atom. The Labute approximate surface area is 136 Å². The molecule has 1 aliphatic rings. The van der Waals surface area contributed by atoms with Crippen LogP contribution in [0.2, 0.25) is 0 Å². The molecule has 3 heteroatoms. The zero-order valence-corrected chi connectivity index (χ0v) is 14.6. The lowest BCUT2D eigenvalue weighted by Crippen LogP contribution is -2.25. The van der Waals surface area contributed by atoms with Crippen LogP contribution in [-0.2, 0) is 4.79 Å². The van der Waals surface area contributed by atoms with E-state index in [0.29, 0.717) is 5.75 Å². The van der Waals surface area contributed by atoms with Gasteiger partial charge in [0.2, 0.25) is 0 Å². The minimum absolute atomic E-state index is 0.0616. The van der Waals surface area contributed by atoms with Crippen LogP contribution in [0.5, 0.6) is 5.75 Å². The maximum atomic E-state index is 12.3. The molecular weight excluding hydrogens is 328 g/mol. The molecule has 0 atom stereocenters. The lowest BCUT2D eigenvalue weighted by Gasteiger charge is -2.27. The molecule has 1 aromatic carbocycles. The molecule has 1 saturated carbocycles. The molecule has 0 heterocycles. The summed E-state index contributed by atoms with van der Waals surface area (Å²) in [4.78, 5) is 12.3. The summed E-state index contributed by atoms with van der Waals surface area (Å²) in [7, 11) is 0. The van der Waals surface area contributed by atoms with E-state index in [4.69, 9.17) is 4.74 Å². The Balaban J connectivity index is 1.84. The molecule has 0 amide bonds. The van der Waals surface area contributed by atoms with Gasteiger partial charge in [0, 0.05) is 0 Å². The molecule has 0 radical (unpaired) electrons. The molecule has 2 nitrogen and oxygen atoms in total. The molecule has 0 N–H and O–H groups in total. The van der Waals surface area contributed by atoms with E-state index in [1.54, 1.807) is 0 Å². The van der Waals surface area contributed by atoms with Crippen molar-refractivity contribution in [1.82, 2.24) is 0 Å². The Morgan fingerprint density at radius 2 is 2.00 bits per heavy atom.